The lowest BCUT2D eigenvalue weighted by molar-refractivity contribution is 0.127. The van der Waals surface area contributed by atoms with Crippen LogP contribution in [-0.2, 0) is 14.5 Å². The van der Waals surface area contributed by atoms with Crippen LogP contribution in [0.25, 0.3) is 0 Å². The molecule has 0 saturated carbocycles. The molecule has 0 fully saturated rings. The molecule has 0 amide bonds. The summed E-state index contributed by atoms with van der Waals surface area (Å²) >= 11 is 46.1. The number of nitrogens with zero attached hydrogens (tertiary/aromatic N) is 3. The summed E-state index contributed by atoms with van der Waals surface area (Å²) < 4.78 is 39.3. The van der Waals surface area contributed by atoms with Crippen molar-refractivity contribution >= 4 is 175 Å². The molecule has 23 heteroatoms. The van der Waals surface area contributed by atoms with Crippen molar-refractivity contribution in [2.75, 3.05) is 59.5 Å². The number of oxime groups is 3. The topological polar surface area (TPSA) is 120 Å². The second-order valence-electron chi connectivity index (χ2n) is 14.1. The molecule has 0 atom stereocenters. The monoisotopic (exact) mass is 1480 g/mol. The molecule has 12 nitrogen and oxygen atoms in total. The molecule has 0 radical (unpaired) electrons. The molecular formula is C46H54Br7Cl4N3O9. The number of hydrogen-bond donors (Lipinski definition) is 0. The molecule has 0 bridgehead atoms. The van der Waals surface area contributed by atoms with Gasteiger partial charge in [0.15, 0.2) is 0 Å². The molecule has 384 valence electrons. The second kappa shape index (κ2) is 39.1. The second-order valence-corrected chi connectivity index (χ2v) is 23.2. The highest BCUT2D eigenvalue weighted by atomic mass is 79.9. The van der Waals surface area contributed by atoms with Gasteiger partial charge in [0.1, 0.15) is 83.1 Å². The molecule has 0 aliphatic rings. The summed E-state index contributed by atoms with van der Waals surface area (Å²) in [7, 11) is 0. The van der Waals surface area contributed by atoms with Gasteiger partial charge in [-0.3, -0.25) is 0 Å². The van der Waals surface area contributed by atoms with Gasteiger partial charge >= 0.3 is 0 Å². The molecule has 0 N–H and O–H groups in total. The molecule has 0 aromatic heterocycles. The lowest BCUT2D eigenvalue weighted by atomic mass is 10.2. The zero-order valence-corrected chi connectivity index (χ0v) is 53.0. The van der Waals surface area contributed by atoms with Crippen LogP contribution >= 0.6 is 158 Å². The Kier molecular flexibility index (Phi) is 37.2. The number of benzene rings is 3. The largest absolute Gasteiger partial charge is 0.492 e. The maximum Gasteiger partial charge on any atom is 0.147 e. The van der Waals surface area contributed by atoms with Crippen LogP contribution in [0.3, 0.4) is 0 Å². The van der Waals surface area contributed by atoms with E-state index in [2.05, 4.69) is 127 Å². The van der Waals surface area contributed by atoms with Crippen molar-refractivity contribution in [1.29, 1.82) is 0 Å². The fourth-order valence-electron chi connectivity index (χ4n) is 4.50. The molecule has 0 aliphatic heterocycles. The Morgan fingerprint density at radius 1 is 0.435 bits per heavy atom. The van der Waals surface area contributed by atoms with Crippen LogP contribution in [0.15, 0.2) is 105 Å². The summed E-state index contributed by atoms with van der Waals surface area (Å²) in [5, 5.41) is 11.6. The third kappa shape index (κ3) is 33.1. The Bertz CT molecular complexity index is 1880. The van der Waals surface area contributed by atoms with Crippen molar-refractivity contribution in [1.82, 2.24) is 0 Å². The maximum atomic E-state index is 5.79. The van der Waals surface area contributed by atoms with E-state index >= 15 is 0 Å². The van der Waals surface area contributed by atoms with Crippen molar-refractivity contribution in [2.45, 2.75) is 67.7 Å². The van der Waals surface area contributed by atoms with E-state index in [9.17, 15) is 0 Å². The number of ether oxygens (including phenoxy) is 6. The smallest absolute Gasteiger partial charge is 0.147 e. The normalized spacial score (nSPS) is 10.0. The van der Waals surface area contributed by atoms with Crippen molar-refractivity contribution in [2.24, 2.45) is 15.5 Å². The van der Waals surface area contributed by atoms with E-state index in [1.54, 1.807) is 12.2 Å². The van der Waals surface area contributed by atoms with Crippen LogP contribution in [0.5, 0.6) is 34.5 Å². The van der Waals surface area contributed by atoms with Crippen LogP contribution in [0.2, 0.25) is 0 Å². The molecule has 69 heavy (non-hydrogen) atoms. The van der Waals surface area contributed by atoms with E-state index in [1.165, 1.54) is 0 Å². The first kappa shape index (κ1) is 65.6. The molecule has 0 saturated heterocycles. The molecule has 0 spiro atoms. The Morgan fingerprint density at radius 2 is 0.725 bits per heavy atom. The lowest BCUT2D eigenvalue weighted by Crippen LogP contribution is -2.04. The van der Waals surface area contributed by atoms with Crippen LogP contribution in [-0.4, -0.2) is 76.6 Å². The zero-order chi connectivity index (χ0) is 51.7. The van der Waals surface area contributed by atoms with Crippen LogP contribution in [0, 0.1) is 6.92 Å². The minimum atomic E-state index is 0.174. The third-order valence-corrected chi connectivity index (χ3v) is 11.4. The SMILES string of the molecule is CC(C)=NOCCCOc1c(Br)cc(OCC=C(Br)Br)cc1Br.CC(C)=NOCCCOc1c(Br)cc(OCC=C(Cl)Cl)cc1Br.CC(C)=NOCCCOc1c(C)cc(OCC=C(Cl)Cl)cc1Br. The van der Waals surface area contributed by atoms with Gasteiger partial charge in [0.25, 0.3) is 0 Å². The zero-order valence-electron chi connectivity index (χ0n) is 38.9. The van der Waals surface area contributed by atoms with Gasteiger partial charge in [0.05, 0.1) is 62.7 Å². The van der Waals surface area contributed by atoms with Crippen molar-refractivity contribution in [3.8, 4) is 34.5 Å². The van der Waals surface area contributed by atoms with Crippen LogP contribution in [0.4, 0.5) is 0 Å². The molecule has 3 aromatic carbocycles. The summed E-state index contributed by atoms with van der Waals surface area (Å²) in [5.74, 6) is 4.35. The molecular weight excluding hydrogens is 1440 g/mol. The first-order valence-corrected chi connectivity index (χ1v) is 27.7. The highest BCUT2D eigenvalue weighted by molar-refractivity contribution is 9.28. The fourth-order valence-corrected chi connectivity index (χ4v) is 8.42. The van der Waals surface area contributed by atoms with E-state index in [-0.39, 0.29) is 15.6 Å². The van der Waals surface area contributed by atoms with Gasteiger partial charge in [-0.05, 0) is 220 Å². The molecule has 0 heterocycles. The highest BCUT2D eigenvalue weighted by Gasteiger charge is 2.12. The van der Waals surface area contributed by atoms with Gasteiger partial charge in [-0.15, -0.1) is 0 Å². The van der Waals surface area contributed by atoms with Gasteiger partial charge in [-0.2, -0.15) is 0 Å². The van der Waals surface area contributed by atoms with Gasteiger partial charge < -0.3 is 42.9 Å². The fraction of sp³-hybridized carbons (Fsp3) is 0.413. The Labute approximate surface area is 485 Å². The average molecular weight is 1490 g/mol. The number of hydrogen-bond acceptors (Lipinski definition) is 12. The van der Waals surface area contributed by atoms with Crippen molar-refractivity contribution in [3.05, 3.63) is 94.9 Å². The number of aryl methyl sites for hydroxylation is 1. The number of halogens is 11. The van der Waals surface area contributed by atoms with E-state index in [4.69, 9.17) is 89.3 Å². The van der Waals surface area contributed by atoms with E-state index in [0.717, 1.165) is 85.0 Å². The molecule has 3 aromatic rings. The predicted octanol–water partition coefficient (Wildman–Crippen LogP) is 18.1. The van der Waals surface area contributed by atoms with Gasteiger partial charge in [0, 0.05) is 19.3 Å². The first-order chi connectivity index (χ1) is 32.7. The molecule has 3 rings (SSSR count). The van der Waals surface area contributed by atoms with E-state index < -0.39 is 0 Å². The third-order valence-electron chi connectivity index (χ3n) is 7.23. The maximum absolute atomic E-state index is 5.79. The Balaban J connectivity index is 0.000000517. The Hall–Kier alpha value is -1.39. The summed E-state index contributed by atoms with van der Waals surface area (Å²) in [6.07, 6.45) is 7.24. The van der Waals surface area contributed by atoms with Gasteiger partial charge in [-0.1, -0.05) is 61.9 Å². The molecule has 0 unspecified atom stereocenters. The van der Waals surface area contributed by atoms with Crippen molar-refractivity contribution in [3.63, 3.8) is 0 Å². The highest BCUT2D eigenvalue weighted by Crippen LogP contribution is 2.39. The minimum Gasteiger partial charge on any atom is -0.492 e. The minimum absolute atomic E-state index is 0.174. The van der Waals surface area contributed by atoms with Crippen LogP contribution < -0.4 is 28.4 Å². The van der Waals surface area contributed by atoms with E-state index in [1.807, 2.05) is 90.9 Å². The standard InChI is InChI=1S/C16H20BrCl2NO3.C15H17Br4NO3.C15H17Br2Cl2NO3/c1-11(2)20-23-7-4-6-22-16-12(3)9-13(10-14(16)17)21-8-5-15(18)19;2*1-10(2)20-23-6-3-5-22-15-12(16)8-11(9-13(15)17)21-7-4-14(18)19/h5,9-10H,4,6-8H2,1-3H3;2*4,8-9H,3,5-7H2,1-2H3. The summed E-state index contributed by atoms with van der Waals surface area (Å²) in [5.41, 5.74) is 3.65. The number of rotatable bonds is 27. The predicted molar refractivity (Wildman–Crippen MR) is 309 cm³/mol. The Morgan fingerprint density at radius 3 is 1.01 bits per heavy atom. The summed E-state index contributed by atoms with van der Waals surface area (Å²) in [6.45, 7) is 17.5. The lowest BCUT2D eigenvalue weighted by Gasteiger charge is -2.13. The van der Waals surface area contributed by atoms with Crippen molar-refractivity contribution < 1.29 is 42.9 Å². The first-order valence-electron chi connectivity index (χ1n) is 20.7. The van der Waals surface area contributed by atoms with Crippen LogP contribution in [0.1, 0.15) is 66.4 Å². The quantitative estimate of drug-likeness (QED) is 0.0417. The van der Waals surface area contributed by atoms with Gasteiger partial charge in [-0.25, -0.2) is 0 Å². The molecule has 0 aliphatic carbocycles. The summed E-state index contributed by atoms with van der Waals surface area (Å²) in [6, 6.07) is 11.1. The van der Waals surface area contributed by atoms with Gasteiger partial charge in [0.2, 0.25) is 0 Å². The van der Waals surface area contributed by atoms with E-state index in [0.29, 0.717) is 70.1 Å². The summed E-state index contributed by atoms with van der Waals surface area (Å²) in [4.78, 5) is 15.4. The average Bonchev–Trinajstić information content (AvgIpc) is 3.24.